The standard InChI is InChI=1S/C34H36ClN3O5/c1-7-20-38(32(41)28(36-33(42)43-34(4,5)6)21-23-16-18-25(39)19-17-23)30(26-14-10-9-13-24(26)8-2)31(40)37-29-22(3)12-11-15-27(29)35/h2,7,9-19,28,30,39H,1,20-21H2,3-6H3,(H,36,42)(H,37,40). The Bertz CT molecular complexity index is 1500. The Balaban J connectivity index is 2.12. The van der Waals surface area contributed by atoms with Crippen molar-refractivity contribution in [3.63, 3.8) is 0 Å². The summed E-state index contributed by atoms with van der Waals surface area (Å²) in [6.45, 7) is 10.7. The number of hydrogen-bond donors (Lipinski definition) is 3. The zero-order valence-electron chi connectivity index (χ0n) is 24.7. The molecule has 0 spiro atoms. The number of carbonyl (C=O) groups is 3. The first kappa shape index (κ1) is 32.8. The van der Waals surface area contributed by atoms with Crippen LogP contribution >= 0.6 is 11.6 Å². The van der Waals surface area contributed by atoms with E-state index in [0.717, 1.165) is 5.56 Å². The summed E-state index contributed by atoms with van der Waals surface area (Å²) in [6.07, 6.45) is 6.54. The summed E-state index contributed by atoms with van der Waals surface area (Å²) in [5.74, 6) is 1.51. The van der Waals surface area contributed by atoms with E-state index >= 15 is 0 Å². The number of nitrogens with one attached hydrogen (secondary N) is 2. The molecule has 3 rings (SSSR count). The van der Waals surface area contributed by atoms with Gasteiger partial charge in [-0.2, -0.15) is 0 Å². The highest BCUT2D eigenvalue weighted by atomic mass is 35.5. The van der Waals surface area contributed by atoms with E-state index in [1.807, 2.05) is 0 Å². The van der Waals surface area contributed by atoms with Gasteiger partial charge in [0.15, 0.2) is 0 Å². The quantitative estimate of drug-likeness (QED) is 0.190. The Kier molecular flexibility index (Phi) is 11.0. The number of alkyl carbamates (subject to hydrolysis) is 1. The molecule has 3 aromatic carbocycles. The summed E-state index contributed by atoms with van der Waals surface area (Å²) >= 11 is 6.43. The van der Waals surface area contributed by atoms with E-state index in [2.05, 4.69) is 23.1 Å². The number of rotatable bonds is 10. The average molecular weight is 602 g/mol. The SMILES string of the molecule is C#Cc1ccccc1C(C(=O)Nc1c(C)cccc1Cl)N(CC=C)C(=O)C(Cc1ccc(O)cc1)NC(=O)OC(C)(C)C. The van der Waals surface area contributed by atoms with Gasteiger partial charge in [0.2, 0.25) is 5.91 Å². The van der Waals surface area contributed by atoms with Crippen LogP contribution in [0.1, 0.15) is 49.1 Å². The summed E-state index contributed by atoms with van der Waals surface area (Å²) < 4.78 is 5.45. The lowest BCUT2D eigenvalue weighted by atomic mass is 9.96. The van der Waals surface area contributed by atoms with Gasteiger partial charge < -0.3 is 25.4 Å². The number of terminal acetylenes is 1. The second-order valence-corrected chi connectivity index (χ2v) is 11.3. The largest absolute Gasteiger partial charge is 0.508 e. The molecule has 3 aromatic rings. The third kappa shape index (κ3) is 8.87. The molecule has 3 N–H and O–H groups in total. The highest BCUT2D eigenvalue weighted by molar-refractivity contribution is 6.34. The molecule has 224 valence electrons. The van der Waals surface area contributed by atoms with Crippen molar-refractivity contribution in [2.45, 2.75) is 51.8 Å². The Morgan fingerprint density at radius 2 is 1.77 bits per heavy atom. The summed E-state index contributed by atoms with van der Waals surface area (Å²) in [4.78, 5) is 42.8. The van der Waals surface area contributed by atoms with Crippen LogP contribution in [-0.2, 0) is 20.7 Å². The van der Waals surface area contributed by atoms with Crippen LogP contribution in [0.5, 0.6) is 5.75 Å². The molecule has 0 radical (unpaired) electrons. The van der Waals surface area contributed by atoms with E-state index in [1.54, 1.807) is 82.3 Å². The number of para-hydroxylation sites is 1. The first-order chi connectivity index (χ1) is 20.3. The maximum Gasteiger partial charge on any atom is 0.408 e. The summed E-state index contributed by atoms with van der Waals surface area (Å²) in [5.41, 5.74) is 1.78. The molecule has 2 atom stereocenters. The van der Waals surface area contributed by atoms with Gasteiger partial charge in [0, 0.05) is 18.5 Å². The van der Waals surface area contributed by atoms with Crippen molar-refractivity contribution in [2.24, 2.45) is 0 Å². The van der Waals surface area contributed by atoms with Gasteiger partial charge in [-0.05, 0) is 68.7 Å². The Hall–Kier alpha value is -4.74. The van der Waals surface area contributed by atoms with Gasteiger partial charge in [0.05, 0.1) is 10.7 Å². The Labute approximate surface area is 257 Å². The zero-order valence-corrected chi connectivity index (χ0v) is 25.4. The van der Waals surface area contributed by atoms with E-state index < -0.39 is 35.6 Å². The molecule has 0 aliphatic heterocycles. The predicted molar refractivity (Wildman–Crippen MR) is 169 cm³/mol. The number of phenols is 1. The van der Waals surface area contributed by atoms with Gasteiger partial charge in [-0.1, -0.05) is 66.1 Å². The number of aryl methyl sites for hydroxylation is 1. The normalized spacial score (nSPS) is 12.3. The number of nitrogens with zero attached hydrogens (tertiary/aromatic N) is 1. The second kappa shape index (κ2) is 14.4. The van der Waals surface area contributed by atoms with Crippen LogP contribution in [0.15, 0.2) is 79.4 Å². The number of hydrogen-bond acceptors (Lipinski definition) is 5. The van der Waals surface area contributed by atoms with E-state index in [1.165, 1.54) is 23.1 Å². The molecule has 0 bridgehead atoms. The number of aromatic hydroxyl groups is 1. The lowest BCUT2D eigenvalue weighted by Crippen LogP contribution is -2.53. The highest BCUT2D eigenvalue weighted by Gasteiger charge is 2.37. The highest BCUT2D eigenvalue weighted by Crippen LogP contribution is 2.31. The van der Waals surface area contributed by atoms with Crippen molar-refractivity contribution in [3.05, 3.63) is 107 Å². The molecule has 0 heterocycles. The van der Waals surface area contributed by atoms with Crippen LogP contribution in [0.4, 0.5) is 10.5 Å². The minimum atomic E-state index is -1.23. The summed E-state index contributed by atoms with van der Waals surface area (Å²) in [6, 6.07) is 15.9. The van der Waals surface area contributed by atoms with Crippen molar-refractivity contribution < 1.29 is 24.2 Å². The number of benzene rings is 3. The summed E-state index contributed by atoms with van der Waals surface area (Å²) in [7, 11) is 0. The van der Waals surface area contributed by atoms with Crippen molar-refractivity contribution >= 4 is 35.2 Å². The van der Waals surface area contributed by atoms with Crippen molar-refractivity contribution in [2.75, 3.05) is 11.9 Å². The fraction of sp³-hybridized carbons (Fsp3) is 0.265. The second-order valence-electron chi connectivity index (χ2n) is 10.9. The smallest absolute Gasteiger partial charge is 0.408 e. The molecule has 0 saturated carbocycles. The van der Waals surface area contributed by atoms with E-state index in [9.17, 15) is 19.5 Å². The van der Waals surface area contributed by atoms with Gasteiger partial charge >= 0.3 is 6.09 Å². The molecule has 0 saturated heterocycles. The third-order valence-corrected chi connectivity index (χ3v) is 6.73. The monoisotopic (exact) mass is 601 g/mol. The molecular weight excluding hydrogens is 566 g/mol. The minimum Gasteiger partial charge on any atom is -0.508 e. The number of anilines is 1. The van der Waals surface area contributed by atoms with Gasteiger partial charge in [-0.3, -0.25) is 9.59 Å². The molecule has 0 aliphatic rings. The third-order valence-electron chi connectivity index (χ3n) is 6.42. The van der Waals surface area contributed by atoms with Crippen LogP contribution in [0.3, 0.4) is 0 Å². The molecule has 43 heavy (non-hydrogen) atoms. The number of phenolic OH excluding ortho intramolecular Hbond substituents is 1. The maximum absolute atomic E-state index is 14.4. The fourth-order valence-corrected chi connectivity index (χ4v) is 4.75. The average Bonchev–Trinajstić information content (AvgIpc) is 2.94. The van der Waals surface area contributed by atoms with E-state index in [0.29, 0.717) is 27.4 Å². The lowest BCUT2D eigenvalue weighted by Gasteiger charge is -2.34. The van der Waals surface area contributed by atoms with Crippen molar-refractivity contribution in [3.8, 4) is 18.1 Å². The van der Waals surface area contributed by atoms with Crippen LogP contribution < -0.4 is 10.6 Å². The van der Waals surface area contributed by atoms with Gasteiger partial charge in [-0.25, -0.2) is 4.79 Å². The number of carbonyl (C=O) groups excluding carboxylic acids is 3. The fourth-order valence-electron chi connectivity index (χ4n) is 4.48. The molecule has 0 aliphatic carbocycles. The molecule has 2 unspecified atom stereocenters. The summed E-state index contributed by atoms with van der Waals surface area (Å²) in [5, 5.41) is 15.6. The van der Waals surface area contributed by atoms with Gasteiger partial charge in [-0.15, -0.1) is 13.0 Å². The van der Waals surface area contributed by atoms with Crippen molar-refractivity contribution in [1.82, 2.24) is 10.2 Å². The number of halogens is 1. The van der Waals surface area contributed by atoms with Crippen LogP contribution in [0.25, 0.3) is 0 Å². The molecule has 8 nitrogen and oxygen atoms in total. The molecule has 0 aromatic heterocycles. The van der Waals surface area contributed by atoms with Crippen LogP contribution in [-0.4, -0.2) is 46.1 Å². The van der Waals surface area contributed by atoms with Gasteiger partial charge in [0.1, 0.15) is 23.4 Å². The number of amides is 3. The first-order valence-electron chi connectivity index (χ1n) is 13.6. The minimum absolute atomic E-state index is 0.0424. The number of ether oxygens (including phenoxy) is 1. The lowest BCUT2D eigenvalue weighted by molar-refractivity contribution is -0.140. The molecule has 9 heteroatoms. The van der Waals surface area contributed by atoms with E-state index in [-0.39, 0.29) is 18.7 Å². The van der Waals surface area contributed by atoms with Crippen LogP contribution in [0.2, 0.25) is 5.02 Å². The van der Waals surface area contributed by atoms with Gasteiger partial charge in [0.25, 0.3) is 5.91 Å². The molecular formula is C34H36ClN3O5. The molecule has 0 fully saturated rings. The first-order valence-corrected chi connectivity index (χ1v) is 14.0. The topological polar surface area (TPSA) is 108 Å². The Morgan fingerprint density at radius 1 is 1.09 bits per heavy atom. The predicted octanol–water partition coefficient (Wildman–Crippen LogP) is 6.17. The zero-order chi connectivity index (χ0) is 31.7. The Morgan fingerprint density at radius 3 is 2.37 bits per heavy atom. The van der Waals surface area contributed by atoms with Crippen molar-refractivity contribution in [1.29, 1.82) is 0 Å². The van der Waals surface area contributed by atoms with Crippen LogP contribution in [0, 0.1) is 19.3 Å². The maximum atomic E-state index is 14.4. The molecule has 3 amide bonds. The van der Waals surface area contributed by atoms with E-state index in [4.69, 9.17) is 22.8 Å².